The van der Waals surface area contributed by atoms with E-state index in [1.807, 2.05) is 0 Å². The van der Waals surface area contributed by atoms with Crippen LogP contribution in [0, 0.1) is 5.41 Å². The highest BCUT2D eigenvalue weighted by molar-refractivity contribution is 5.88. The average Bonchev–Trinajstić information content (AvgIpc) is 3.07. The number of rotatable bonds is 36. The summed E-state index contributed by atoms with van der Waals surface area (Å²) in [6, 6.07) is 0. The number of aliphatic carboxylic acids is 3. The minimum absolute atomic E-state index is 0.163. The molecule has 0 saturated heterocycles. The lowest BCUT2D eigenvalue weighted by molar-refractivity contribution is -0.170. The van der Waals surface area contributed by atoms with Crippen LogP contribution in [-0.4, -0.2) is 56.5 Å². The van der Waals surface area contributed by atoms with Crippen molar-refractivity contribution < 1.29 is 44.3 Å². The Labute approximate surface area is 312 Å². The Morgan fingerprint density at radius 1 is 0.431 bits per heavy atom. The highest BCUT2D eigenvalue weighted by atomic mass is 16.5. The Morgan fingerprint density at radius 2 is 0.706 bits per heavy atom. The van der Waals surface area contributed by atoms with Crippen LogP contribution in [0.15, 0.2) is 0 Å². The van der Waals surface area contributed by atoms with Gasteiger partial charge in [0.15, 0.2) is 5.60 Å². The van der Waals surface area contributed by atoms with Gasteiger partial charge in [-0.2, -0.15) is 0 Å². The number of hydrogen-bond donors (Lipinski definition) is 4. The third-order valence-electron chi connectivity index (χ3n) is 9.98. The lowest BCUT2D eigenvalue weighted by atomic mass is 9.74. The van der Waals surface area contributed by atoms with E-state index in [4.69, 9.17) is 25.2 Å². The molecule has 0 bridgehead atoms. The van der Waals surface area contributed by atoms with Gasteiger partial charge in [-0.25, -0.2) is 4.79 Å². The van der Waals surface area contributed by atoms with Gasteiger partial charge in [-0.3, -0.25) is 14.4 Å². The molecule has 0 unspecified atom stereocenters. The van der Waals surface area contributed by atoms with Gasteiger partial charge in [0.1, 0.15) is 0 Å². The zero-order valence-corrected chi connectivity index (χ0v) is 33.5. The zero-order chi connectivity index (χ0) is 38.6. The first kappa shape index (κ1) is 50.9. The van der Waals surface area contributed by atoms with Crippen LogP contribution >= 0.6 is 0 Å². The molecule has 0 spiro atoms. The van der Waals surface area contributed by atoms with Crippen molar-refractivity contribution >= 4 is 23.9 Å². The van der Waals surface area contributed by atoms with Gasteiger partial charge in [0.05, 0.1) is 24.9 Å². The van der Waals surface area contributed by atoms with E-state index in [1.165, 1.54) is 161 Å². The fraction of sp³-hybridized carbons (Fsp3) is 0.905. The summed E-state index contributed by atoms with van der Waals surface area (Å²) in [6.07, 6.45) is 34.6. The number of ether oxygens (including phenoxy) is 1. The predicted octanol–water partition coefficient (Wildman–Crippen LogP) is 11.7. The van der Waals surface area contributed by atoms with Crippen LogP contribution in [0.2, 0.25) is 0 Å². The van der Waals surface area contributed by atoms with Crippen LogP contribution in [0.5, 0.6) is 0 Å². The number of carbonyl (C=O) groups is 4. The van der Waals surface area contributed by atoms with Crippen molar-refractivity contribution in [3.8, 4) is 0 Å². The molecule has 0 rings (SSSR count). The van der Waals surface area contributed by atoms with Crippen molar-refractivity contribution in [2.75, 3.05) is 6.61 Å². The highest BCUT2D eigenvalue weighted by Crippen LogP contribution is 2.39. The summed E-state index contributed by atoms with van der Waals surface area (Å²) in [7, 11) is 0. The van der Waals surface area contributed by atoms with Crippen LogP contribution in [0.1, 0.15) is 227 Å². The van der Waals surface area contributed by atoms with E-state index in [-0.39, 0.29) is 11.4 Å². The summed E-state index contributed by atoms with van der Waals surface area (Å²) in [4.78, 5) is 44.2. The molecule has 0 radical (unpaired) electrons. The first-order valence-corrected chi connectivity index (χ1v) is 21.0. The molecule has 0 aliphatic heterocycles. The number of carboxylic acids is 3. The molecule has 9 heteroatoms. The summed E-state index contributed by atoms with van der Waals surface area (Å²) in [6.45, 7) is 9.77. The van der Waals surface area contributed by atoms with Crippen molar-refractivity contribution in [2.45, 2.75) is 232 Å². The Balaban J connectivity index is 0. The molecule has 0 amide bonds. The Kier molecular flexibility index (Phi) is 34.9. The van der Waals surface area contributed by atoms with E-state index < -0.39 is 36.4 Å². The van der Waals surface area contributed by atoms with E-state index in [0.717, 1.165) is 25.7 Å². The molecule has 0 atom stereocenters. The Bertz CT molecular complexity index is 825. The topological polar surface area (TPSA) is 158 Å². The second-order valence-electron chi connectivity index (χ2n) is 14.9. The largest absolute Gasteiger partial charge is 0.481 e. The maximum Gasteiger partial charge on any atom is 0.336 e. The van der Waals surface area contributed by atoms with Crippen molar-refractivity contribution in [3.05, 3.63) is 0 Å². The van der Waals surface area contributed by atoms with Gasteiger partial charge in [0.2, 0.25) is 0 Å². The monoisotopic (exact) mass is 729 g/mol. The van der Waals surface area contributed by atoms with Crippen molar-refractivity contribution in [1.82, 2.24) is 0 Å². The van der Waals surface area contributed by atoms with E-state index >= 15 is 0 Å². The van der Waals surface area contributed by atoms with E-state index in [0.29, 0.717) is 6.61 Å². The first-order chi connectivity index (χ1) is 24.4. The molecule has 4 N–H and O–H groups in total. The minimum atomic E-state index is -2.74. The van der Waals surface area contributed by atoms with Gasteiger partial charge in [-0.15, -0.1) is 0 Å². The van der Waals surface area contributed by atoms with Gasteiger partial charge in [-0.05, 0) is 25.7 Å². The SMILES string of the molecule is CCCCCCCCCCC(CCCCCCCC)(CCCCCCCC)C(=O)OCCCCCCCC.O=C(O)CC(O)(CC(=O)O)C(=O)O. The van der Waals surface area contributed by atoms with Crippen LogP contribution in [0.25, 0.3) is 0 Å². The molecule has 0 aliphatic carbocycles. The molecule has 0 fully saturated rings. The molecule has 0 saturated carbocycles. The summed E-state index contributed by atoms with van der Waals surface area (Å²) < 4.78 is 6.09. The Morgan fingerprint density at radius 3 is 0.980 bits per heavy atom. The van der Waals surface area contributed by atoms with Gasteiger partial charge in [0.25, 0.3) is 0 Å². The third kappa shape index (κ3) is 30.0. The number of esters is 1. The quantitative estimate of drug-likeness (QED) is 0.0364. The van der Waals surface area contributed by atoms with E-state index in [2.05, 4.69) is 27.7 Å². The lowest BCUT2D eigenvalue weighted by Gasteiger charge is -2.32. The Hall–Kier alpha value is -2.16. The molecule has 302 valence electrons. The maximum absolute atomic E-state index is 13.7. The summed E-state index contributed by atoms with van der Waals surface area (Å²) >= 11 is 0. The van der Waals surface area contributed by atoms with Gasteiger partial charge in [0, 0.05) is 0 Å². The van der Waals surface area contributed by atoms with E-state index in [9.17, 15) is 19.2 Å². The van der Waals surface area contributed by atoms with Crippen LogP contribution in [0.3, 0.4) is 0 Å². The van der Waals surface area contributed by atoms with Gasteiger partial charge in [-0.1, -0.05) is 188 Å². The van der Waals surface area contributed by atoms with Crippen LogP contribution < -0.4 is 0 Å². The number of unbranched alkanes of at least 4 members (excludes halogenated alkanes) is 22. The molecular formula is C42H80O9. The fourth-order valence-corrected chi connectivity index (χ4v) is 6.68. The molecule has 0 aromatic heterocycles. The lowest BCUT2D eigenvalue weighted by Crippen LogP contribution is -2.42. The molecule has 0 heterocycles. The average molecular weight is 729 g/mol. The summed E-state index contributed by atoms with van der Waals surface area (Å²) in [5, 5.41) is 33.8. The highest BCUT2D eigenvalue weighted by Gasteiger charge is 2.41. The number of aliphatic hydroxyl groups is 1. The summed E-state index contributed by atoms with van der Waals surface area (Å²) in [5.41, 5.74) is -2.96. The minimum Gasteiger partial charge on any atom is -0.481 e. The molecule has 51 heavy (non-hydrogen) atoms. The van der Waals surface area contributed by atoms with E-state index in [1.54, 1.807) is 0 Å². The zero-order valence-electron chi connectivity index (χ0n) is 33.5. The smallest absolute Gasteiger partial charge is 0.336 e. The summed E-state index contributed by atoms with van der Waals surface area (Å²) in [5.74, 6) is -4.86. The third-order valence-corrected chi connectivity index (χ3v) is 9.98. The van der Waals surface area contributed by atoms with Crippen LogP contribution in [0.4, 0.5) is 0 Å². The number of carbonyl (C=O) groups excluding carboxylic acids is 1. The first-order valence-electron chi connectivity index (χ1n) is 21.0. The molecular weight excluding hydrogens is 648 g/mol. The number of hydrogen-bond acceptors (Lipinski definition) is 6. The maximum atomic E-state index is 13.7. The molecule has 0 aromatic rings. The second kappa shape index (κ2) is 34.9. The van der Waals surface area contributed by atoms with Gasteiger partial charge >= 0.3 is 23.9 Å². The van der Waals surface area contributed by atoms with Crippen molar-refractivity contribution in [1.29, 1.82) is 0 Å². The standard InChI is InChI=1S/C36H72O2.C6H8O7/c1-5-9-13-17-21-22-25-29-33-36(31-27-23-18-14-10-6-2,32-28-24-19-15-11-7-3)35(37)38-34-30-26-20-16-12-8-4;7-3(8)1-6(13,5(11)12)2-4(9)10/h5-34H2,1-4H3;13H,1-2H2,(H,7,8)(H,9,10)(H,11,12). The fourth-order valence-electron chi connectivity index (χ4n) is 6.68. The molecule has 0 aromatic carbocycles. The second-order valence-corrected chi connectivity index (χ2v) is 14.9. The van der Waals surface area contributed by atoms with Crippen LogP contribution in [-0.2, 0) is 23.9 Å². The van der Waals surface area contributed by atoms with Crippen molar-refractivity contribution in [2.24, 2.45) is 5.41 Å². The molecule has 0 aliphatic rings. The van der Waals surface area contributed by atoms with Gasteiger partial charge < -0.3 is 25.2 Å². The molecule has 9 nitrogen and oxygen atoms in total. The number of carboxylic acid groups (broad SMARTS) is 3. The predicted molar refractivity (Wildman–Crippen MR) is 207 cm³/mol. The van der Waals surface area contributed by atoms with Crippen molar-refractivity contribution in [3.63, 3.8) is 0 Å². The normalized spacial score (nSPS) is 11.5.